The van der Waals surface area contributed by atoms with E-state index in [4.69, 9.17) is 20.6 Å². The first-order chi connectivity index (χ1) is 16.9. The first kappa shape index (κ1) is 23.6. The maximum Gasteiger partial charge on any atom is 0.350 e. The largest absolute Gasteiger partial charge is 0.493 e. The van der Waals surface area contributed by atoms with Crippen LogP contribution in [0.1, 0.15) is 34.0 Å². The predicted octanol–water partition coefficient (Wildman–Crippen LogP) is 2.50. The van der Waals surface area contributed by atoms with E-state index < -0.39 is 18.3 Å². The van der Waals surface area contributed by atoms with Crippen LogP contribution in [0.25, 0.3) is 5.95 Å². The van der Waals surface area contributed by atoms with E-state index in [0.717, 1.165) is 10.2 Å². The molecule has 0 aliphatic rings. The fourth-order valence-electron chi connectivity index (χ4n) is 3.83. The van der Waals surface area contributed by atoms with Crippen LogP contribution in [0.15, 0.2) is 59.7 Å². The van der Waals surface area contributed by atoms with Gasteiger partial charge in [-0.15, -0.1) is 9.78 Å². The maximum absolute atomic E-state index is 13.9. The molecule has 0 radical (unpaired) electrons. The van der Waals surface area contributed by atoms with Gasteiger partial charge in [-0.3, -0.25) is 10.4 Å². The molecule has 0 bridgehead atoms. The average Bonchev–Trinajstić information content (AvgIpc) is 3.28. The summed E-state index contributed by atoms with van der Waals surface area (Å²) in [6.45, 7) is -0.768. The van der Waals surface area contributed by atoms with Crippen LogP contribution in [0, 0.1) is 5.41 Å². The third kappa shape index (κ3) is 4.88. The topological polar surface area (TPSA) is 145 Å². The van der Waals surface area contributed by atoms with Crippen molar-refractivity contribution in [1.82, 2.24) is 24.7 Å². The molecule has 0 fully saturated rings. The van der Waals surface area contributed by atoms with Gasteiger partial charge >= 0.3 is 5.69 Å². The number of amidine groups is 1. The highest BCUT2D eigenvalue weighted by Gasteiger charge is 2.24. The van der Waals surface area contributed by atoms with Gasteiger partial charge in [0.15, 0.2) is 11.5 Å². The molecule has 180 valence electrons. The van der Waals surface area contributed by atoms with Crippen molar-refractivity contribution in [2.75, 3.05) is 14.2 Å². The highest BCUT2D eigenvalue weighted by molar-refractivity contribution is 5.94. The number of ether oxygens (including phenoxy) is 2. The number of rotatable bonds is 9. The number of aromatic nitrogens is 5. The van der Waals surface area contributed by atoms with Crippen LogP contribution < -0.4 is 20.9 Å². The molecule has 0 amide bonds. The van der Waals surface area contributed by atoms with Crippen LogP contribution in [-0.4, -0.2) is 44.8 Å². The molecule has 0 aliphatic carbocycles. The van der Waals surface area contributed by atoms with Gasteiger partial charge in [0.25, 0.3) is 5.95 Å². The summed E-state index contributed by atoms with van der Waals surface area (Å²) in [7, 11) is 2.92. The van der Waals surface area contributed by atoms with Crippen LogP contribution in [-0.2, 0) is 13.1 Å². The lowest BCUT2D eigenvalue weighted by Crippen LogP contribution is -2.18. The number of hydrogen-bond donors (Lipinski definition) is 3. The van der Waals surface area contributed by atoms with E-state index >= 15 is 0 Å². The second-order valence-electron chi connectivity index (χ2n) is 7.69. The number of hydrogen-bond acceptors (Lipinski definition) is 7. The molecule has 4 N–H and O–H groups in total. The van der Waals surface area contributed by atoms with E-state index in [1.807, 2.05) is 12.1 Å². The standard InChI is InChI=1S/C24H24FN7O3/c1-34-19-12-16(11-17(13-25)20(19)35-2)18(10-14-4-6-15(7-5-14)21(26)27)22-30-24(33)32(31-22)23-28-8-3-9-29-23/h3-9,11-12,18H,10,13H2,1-2H3,(H3,26,27)(H,30,31,33). The SMILES string of the molecule is COc1cc(C(Cc2ccc(C(=N)N)cc2)c2nn(-c3ncccn3)c(=O)[nH]2)cc(CF)c1OC. The summed E-state index contributed by atoms with van der Waals surface area (Å²) in [5, 5.41) is 12.1. The van der Waals surface area contributed by atoms with Gasteiger partial charge in [0, 0.05) is 29.4 Å². The number of H-pyrrole nitrogens is 1. The number of benzene rings is 2. The number of aromatic amines is 1. The summed E-state index contributed by atoms with van der Waals surface area (Å²) >= 11 is 0. The van der Waals surface area contributed by atoms with Crippen LogP contribution >= 0.6 is 0 Å². The summed E-state index contributed by atoms with van der Waals surface area (Å²) < 4.78 is 25.8. The van der Waals surface area contributed by atoms with Crippen LogP contribution in [0.3, 0.4) is 0 Å². The Kier molecular flexibility index (Phi) is 6.86. The minimum atomic E-state index is -0.768. The van der Waals surface area contributed by atoms with Crippen LogP contribution in [0.5, 0.6) is 11.5 Å². The predicted molar refractivity (Wildman–Crippen MR) is 127 cm³/mol. The normalized spacial score (nSPS) is 11.7. The lowest BCUT2D eigenvalue weighted by Gasteiger charge is -2.19. The summed E-state index contributed by atoms with van der Waals surface area (Å²) in [4.78, 5) is 23.7. The zero-order valence-corrected chi connectivity index (χ0v) is 19.2. The highest BCUT2D eigenvalue weighted by Crippen LogP contribution is 2.37. The minimum Gasteiger partial charge on any atom is -0.493 e. The first-order valence-corrected chi connectivity index (χ1v) is 10.7. The summed E-state index contributed by atoms with van der Waals surface area (Å²) in [6.07, 6.45) is 3.43. The fraction of sp³-hybridized carbons (Fsp3) is 0.208. The Labute approximate surface area is 200 Å². The number of methoxy groups -OCH3 is 2. The third-order valence-corrected chi connectivity index (χ3v) is 5.54. The van der Waals surface area contributed by atoms with Gasteiger partial charge in [-0.1, -0.05) is 24.3 Å². The van der Waals surface area contributed by atoms with Crippen molar-refractivity contribution >= 4 is 5.84 Å². The summed E-state index contributed by atoms with van der Waals surface area (Å²) in [6, 6.07) is 12.2. The maximum atomic E-state index is 13.9. The molecule has 35 heavy (non-hydrogen) atoms. The molecule has 11 heteroatoms. The number of nitrogens with zero attached hydrogens (tertiary/aromatic N) is 4. The Morgan fingerprint density at radius 2 is 1.89 bits per heavy atom. The highest BCUT2D eigenvalue weighted by atomic mass is 19.1. The lowest BCUT2D eigenvalue weighted by molar-refractivity contribution is 0.344. The molecular weight excluding hydrogens is 453 g/mol. The molecule has 4 rings (SSSR count). The van der Waals surface area contributed by atoms with E-state index in [1.165, 1.54) is 26.6 Å². The third-order valence-electron chi connectivity index (χ3n) is 5.54. The van der Waals surface area contributed by atoms with E-state index in [2.05, 4.69) is 20.1 Å². The summed E-state index contributed by atoms with van der Waals surface area (Å²) in [5.41, 5.74) is 7.53. The van der Waals surface area contributed by atoms with Crippen molar-refractivity contribution in [2.45, 2.75) is 19.0 Å². The zero-order valence-electron chi connectivity index (χ0n) is 19.2. The van der Waals surface area contributed by atoms with Crippen molar-refractivity contribution in [3.8, 4) is 17.4 Å². The number of nitrogens with one attached hydrogen (secondary N) is 2. The quantitative estimate of drug-likeness (QED) is 0.248. The Morgan fingerprint density at radius 3 is 2.49 bits per heavy atom. The molecular formula is C24H24FN7O3. The number of halogens is 1. The van der Waals surface area contributed by atoms with Gasteiger partial charge in [0.1, 0.15) is 18.3 Å². The Bertz CT molecular complexity index is 1360. The second kappa shape index (κ2) is 10.2. The molecule has 2 aromatic carbocycles. The van der Waals surface area contributed by atoms with Crippen molar-refractivity contribution in [3.05, 3.63) is 93.4 Å². The lowest BCUT2D eigenvalue weighted by atomic mass is 9.89. The molecule has 0 saturated heterocycles. The molecule has 1 atom stereocenters. The number of nitrogen functional groups attached to an aromatic ring is 1. The Balaban J connectivity index is 1.83. The van der Waals surface area contributed by atoms with Gasteiger partial charge in [-0.05, 0) is 35.7 Å². The zero-order chi connectivity index (χ0) is 24.9. The smallest absolute Gasteiger partial charge is 0.350 e. The Morgan fingerprint density at radius 1 is 1.17 bits per heavy atom. The molecule has 0 saturated carbocycles. The van der Waals surface area contributed by atoms with Crippen molar-refractivity contribution < 1.29 is 13.9 Å². The van der Waals surface area contributed by atoms with Gasteiger partial charge in [0.05, 0.1) is 14.2 Å². The van der Waals surface area contributed by atoms with Crippen molar-refractivity contribution in [1.29, 1.82) is 5.41 Å². The Hall–Kier alpha value is -4.54. The summed E-state index contributed by atoms with van der Waals surface area (Å²) in [5.74, 6) is 0.617. The molecule has 0 spiro atoms. The van der Waals surface area contributed by atoms with Gasteiger partial charge in [0.2, 0.25) is 0 Å². The molecule has 2 aromatic heterocycles. The minimum absolute atomic E-state index is 0.0356. The van der Waals surface area contributed by atoms with Gasteiger partial charge in [-0.2, -0.15) is 0 Å². The number of nitrogens with two attached hydrogens (primary N) is 1. The molecule has 10 nitrogen and oxygen atoms in total. The van der Waals surface area contributed by atoms with E-state index in [0.29, 0.717) is 40.4 Å². The van der Waals surface area contributed by atoms with Crippen LogP contribution in [0.4, 0.5) is 4.39 Å². The molecule has 4 aromatic rings. The fourth-order valence-corrected chi connectivity index (χ4v) is 3.83. The van der Waals surface area contributed by atoms with E-state index in [-0.39, 0.29) is 11.8 Å². The van der Waals surface area contributed by atoms with E-state index in [1.54, 1.807) is 30.3 Å². The number of alkyl halides is 1. The van der Waals surface area contributed by atoms with Gasteiger partial charge < -0.3 is 15.2 Å². The molecule has 1 unspecified atom stereocenters. The monoisotopic (exact) mass is 477 g/mol. The van der Waals surface area contributed by atoms with Crippen LogP contribution in [0.2, 0.25) is 0 Å². The molecule has 2 heterocycles. The molecule has 0 aliphatic heterocycles. The first-order valence-electron chi connectivity index (χ1n) is 10.7. The van der Waals surface area contributed by atoms with Crippen molar-refractivity contribution in [3.63, 3.8) is 0 Å². The average molecular weight is 478 g/mol. The van der Waals surface area contributed by atoms with Gasteiger partial charge in [-0.25, -0.2) is 19.2 Å². The second-order valence-corrected chi connectivity index (χ2v) is 7.69. The van der Waals surface area contributed by atoms with Crippen molar-refractivity contribution in [2.24, 2.45) is 5.73 Å². The van der Waals surface area contributed by atoms with E-state index in [9.17, 15) is 9.18 Å².